The quantitative estimate of drug-likeness (QED) is 0.677. The van der Waals surface area contributed by atoms with Crippen molar-refractivity contribution in [2.24, 2.45) is 5.84 Å². The molecule has 94 valence electrons. The van der Waals surface area contributed by atoms with Crippen LogP contribution in [-0.4, -0.2) is 4.98 Å². The summed E-state index contributed by atoms with van der Waals surface area (Å²) in [5.74, 6) is 5.21. The first-order valence-electron chi connectivity index (χ1n) is 5.44. The molecule has 0 spiro atoms. The van der Waals surface area contributed by atoms with E-state index in [-0.39, 0.29) is 11.9 Å². The SMILES string of the molecule is Cc1cc(Br)ccc1C(NN)c1cncc(F)c1. The zero-order valence-electron chi connectivity index (χ0n) is 9.82. The second kappa shape index (κ2) is 5.56. The highest BCUT2D eigenvalue weighted by Gasteiger charge is 2.15. The Morgan fingerprint density at radius 1 is 1.33 bits per heavy atom. The molecule has 0 aliphatic rings. The predicted molar refractivity (Wildman–Crippen MR) is 72.2 cm³/mol. The lowest BCUT2D eigenvalue weighted by molar-refractivity contribution is 0.596. The van der Waals surface area contributed by atoms with Crippen LogP contribution in [0.4, 0.5) is 4.39 Å². The minimum Gasteiger partial charge on any atom is -0.271 e. The molecule has 1 atom stereocenters. The Bertz CT molecular complexity index is 560. The number of aryl methyl sites for hydroxylation is 1. The normalized spacial score (nSPS) is 12.4. The summed E-state index contributed by atoms with van der Waals surface area (Å²) in [7, 11) is 0. The van der Waals surface area contributed by atoms with Gasteiger partial charge in [-0.2, -0.15) is 0 Å². The number of hydrazine groups is 1. The van der Waals surface area contributed by atoms with Crippen molar-refractivity contribution in [1.82, 2.24) is 10.4 Å². The maximum absolute atomic E-state index is 13.2. The van der Waals surface area contributed by atoms with Crippen LogP contribution >= 0.6 is 15.9 Å². The molecule has 0 aliphatic heterocycles. The fraction of sp³-hybridized carbons (Fsp3) is 0.154. The molecule has 0 saturated carbocycles. The van der Waals surface area contributed by atoms with Gasteiger partial charge in [-0.1, -0.05) is 22.0 Å². The number of benzene rings is 1. The van der Waals surface area contributed by atoms with Gasteiger partial charge in [-0.05, 0) is 41.8 Å². The zero-order chi connectivity index (χ0) is 13.1. The minimum absolute atomic E-state index is 0.277. The molecule has 1 aromatic heterocycles. The van der Waals surface area contributed by atoms with Gasteiger partial charge in [0.15, 0.2) is 0 Å². The lowest BCUT2D eigenvalue weighted by atomic mass is 9.97. The molecule has 1 aromatic carbocycles. The first-order chi connectivity index (χ1) is 8.61. The molecule has 0 radical (unpaired) electrons. The topological polar surface area (TPSA) is 50.9 Å². The Labute approximate surface area is 113 Å². The van der Waals surface area contributed by atoms with E-state index in [1.54, 1.807) is 6.20 Å². The second-order valence-corrected chi connectivity index (χ2v) is 4.95. The minimum atomic E-state index is -0.373. The van der Waals surface area contributed by atoms with Crippen LogP contribution in [0.3, 0.4) is 0 Å². The van der Waals surface area contributed by atoms with E-state index >= 15 is 0 Å². The fourth-order valence-corrected chi connectivity index (χ4v) is 2.39. The van der Waals surface area contributed by atoms with Crippen molar-refractivity contribution in [2.75, 3.05) is 0 Å². The summed E-state index contributed by atoms with van der Waals surface area (Å²) in [6, 6.07) is 7.03. The monoisotopic (exact) mass is 309 g/mol. The van der Waals surface area contributed by atoms with Gasteiger partial charge in [0.05, 0.1) is 12.2 Å². The zero-order valence-corrected chi connectivity index (χ0v) is 11.4. The van der Waals surface area contributed by atoms with Crippen LogP contribution in [0.2, 0.25) is 0 Å². The van der Waals surface area contributed by atoms with Crippen molar-refractivity contribution in [3.05, 3.63) is 63.6 Å². The Balaban J connectivity index is 2.45. The third kappa shape index (κ3) is 2.75. The van der Waals surface area contributed by atoms with Crippen LogP contribution in [0.15, 0.2) is 41.1 Å². The van der Waals surface area contributed by atoms with E-state index in [9.17, 15) is 4.39 Å². The number of hydrogen-bond donors (Lipinski definition) is 2. The summed E-state index contributed by atoms with van der Waals surface area (Å²) in [4.78, 5) is 3.85. The summed E-state index contributed by atoms with van der Waals surface area (Å²) < 4.78 is 14.2. The van der Waals surface area contributed by atoms with Gasteiger partial charge in [-0.15, -0.1) is 0 Å². The van der Waals surface area contributed by atoms with Gasteiger partial charge < -0.3 is 0 Å². The van der Waals surface area contributed by atoms with Gasteiger partial charge in [-0.25, -0.2) is 9.82 Å². The lowest BCUT2D eigenvalue weighted by Crippen LogP contribution is -2.29. The van der Waals surface area contributed by atoms with E-state index in [0.717, 1.165) is 15.6 Å². The van der Waals surface area contributed by atoms with Crippen LogP contribution in [0, 0.1) is 12.7 Å². The van der Waals surface area contributed by atoms with E-state index in [2.05, 4.69) is 26.3 Å². The molecular weight excluding hydrogens is 297 g/mol. The van der Waals surface area contributed by atoms with Gasteiger partial charge in [0.1, 0.15) is 5.82 Å². The number of hydrogen-bond acceptors (Lipinski definition) is 3. The first-order valence-corrected chi connectivity index (χ1v) is 6.23. The second-order valence-electron chi connectivity index (χ2n) is 4.04. The van der Waals surface area contributed by atoms with Gasteiger partial charge in [-0.3, -0.25) is 10.8 Å². The average molecular weight is 310 g/mol. The number of nitrogens with two attached hydrogens (primary N) is 1. The fourth-order valence-electron chi connectivity index (χ4n) is 1.91. The largest absolute Gasteiger partial charge is 0.271 e. The molecule has 0 saturated heterocycles. The number of aromatic nitrogens is 1. The molecule has 18 heavy (non-hydrogen) atoms. The smallest absolute Gasteiger partial charge is 0.141 e. The highest BCUT2D eigenvalue weighted by molar-refractivity contribution is 9.10. The molecule has 0 amide bonds. The first kappa shape index (κ1) is 13.1. The number of halogens is 2. The summed E-state index contributed by atoms with van der Waals surface area (Å²) in [6.45, 7) is 1.98. The molecule has 3 nitrogen and oxygen atoms in total. The maximum atomic E-state index is 13.2. The van der Waals surface area contributed by atoms with Crippen LogP contribution in [-0.2, 0) is 0 Å². The highest BCUT2D eigenvalue weighted by Crippen LogP contribution is 2.26. The van der Waals surface area contributed by atoms with E-state index < -0.39 is 0 Å². The molecule has 1 heterocycles. The average Bonchev–Trinajstić information content (AvgIpc) is 2.33. The van der Waals surface area contributed by atoms with Crippen molar-refractivity contribution >= 4 is 15.9 Å². The summed E-state index contributed by atoms with van der Waals surface area (Å²) >= 11 is 3.41. The molecule has 2 rings (SSSR count). The van der Waals surface area contributed by atoms with Crippen molar-refractivity contribution in [1.29, 1.82) is 0 Å². The Kier molecular flexibility index (Phi) is 4.06. The van der Waals surface area contributed by atoms with Crippen LogP contribution < -0.4 is 11.3 Å². The van der Waals surface area contributed by atoms with Gasteiger partial charge in [0.2, 0.25) is 0 Å². The molecule has 1 unspecified atom stereocenters. The van der Waals surface area contributed by atoms with E-state index in [1.165, 1.54) is 12.3 Å². The van der Waals surface area contributed by atoms with E-state index in [1.807, 2.05) is 25.1 Å². The van der Waals surface area contributed by atoms with Crippen LogP contribution in [0.1, 0.15) is 22.7 Å². The van der Waals surface area contributed by atoms with Crippen LogP contribution in [0.25, 0.3) is 0 Å². The highest BCUT2D eigenvalue weighted by atomic mass is 79.9. The van der Waals surface area contributed by atoms with Gasteiger partial charge in [0.25, 0.3) is 0 Å². The van der Waals surface area contributed by atoms with Crippen molar-refractivity contribution in [3.8, 4) is 0 Å². The Morgan fingerprint density at radius 2 is 2.11 bits per heavy atom. The number of nitrogens with zero attached hydrogens (tertiary/aromatic N) is 1. The summed E-state index contributed by atoms with van der Waals surface area (Å²) in [5, 5.41) is 0. The molecule has 0 fully saturated rings. The molecule has 2 aromatic rings. The maximum Gasteiger partial charge on any atom is 0.141 e. The third-order valence-corrected chi connectivity index (χ3v) is 3.26. The Morgan fingerprint density at radius 3 is 2.72 bits per heavy atom. The Hall–Kier alpha value is -1.30. The molecular formula is C13H13BrFN3. The standard InChI is InChI=1S/C13H13BrFN3/c1-8-4-10(14)2-3-12(8)13(18-16)9-5-11(15)7-17-6-9/h2-7,13,18H,16H2,1H3. The molecule has 3 N–H and O–H groups in total. The van der Waals surface area contributed by atoms with Gasteiger partial charge >= 0.3 is 0 Å². The van der Waals surface area contributed by atoms with E-state index in [4.69, 9.17) is 5.84 Å². The number of rotatable bonds is 3. The number of nitrogens with one attached hydrogen (secondary N) is 1. The molecule has 5 heteroatoms. The predicted octanol–water partition coefficient (Wildman–Crippen LogP) is 2.84. The van der Waals surface area contributed by atoms with Gasteiger partial charge in [0, 0.05) is 10.7 Å². The van der Waals surface area contributed by atoms with E-state index in [0.29, 0.717) is 5.56 Å². The molecule has 0 aliphatic carbocycles. The van der Waals surface area contributed by atoms with Crippen molar-refractivity contribution in [2.45, 2.75) is 13.0 Å². The third-order valence-electron chi connectivity index (χ3n) is 2.77. The summed E-state index contributed by atoms with van der Waals surface area (Å²) in [6.07, 6.45) is 2.78. The summed E-state index contributed by atoms with van der Waals surface area (Å²) in [5.41, 5.74) is 5.46. The van der Waals surface area contributed by atoms with Crippen LogP contribution in [0.5, 0.6) is 0 Å². The number of pyridine rings is 1. The van der Waals surface area contributed by atoms with Crippen molar-refractivity contribution < 1.29 is 4.39 Å². The van der Waals surface area contributed by atoms with Crippen molar-refractivity contribution in [3.63, 3.8) is 0 Å². The molecule has 0 bridgehead atoms. The lowest BCUT2D eigenvalue weighted by Gasteiger charge is -2.19.